The van der Waals surface area contributed by atoms with Gasteiger partial charge in [-0.25, -0.2) is 4.68 Å². The van der Waals surface area contributed by atoms with Crippen molar-refractivity contribution in [1.82, 2.24) is 20.2 Å². The van der Waals surface area contributed by atoms with Crippen LogP contribution in [0.3, 0.4) is 0 Å². The number of anilines is 1. The van der Waals surface area contributed by atoms with E-state index in [1.54, 1.807) is 11.8 Å². The number of hydrogen-bond donors (Lipinski definition) is 0. The van der Waals surface area contributed by atoms with Gasteiger partial charge in [0.25, 0.3) is 0 Å². The van der Waals surface area contributed by atoms with Crippen molar-refractivity contribution in [2.75, 3.05) is 11.4 Å². The third-order valence-electron chi connectivity index (χ3n) is 5.67. The standard InChI is InChI=1S/C20H25N5O2S/c1-13(28-20-21-22-23-25(20)17-6-4-3-5-7-17)19(27)16-8-9-18-15(12-16)10-11-24(18)14(2)26/h8-9,12-13,17H,3-7,10-11H2,1-2H3. The Morgan fingerprint density at radius 2 is 2.00 bits per heavy atom. The van der Waals surface area contributed by atoms with Gasteiger partial charge >= 0.3 is 0 Å². The molecular weight excluding hydrogens is 374 g/mol. The minimum absolute atomic E-state index is 0.0382. The highest BCUT2D eigenvalue weighted by atomic mass is 32.2. The van der Waals surface area contributed by atoms with Crippen molar-refractivity contribution in [3.8, 4) is 0 Å². The van der Waals surface area contributed by atoms with E-state index in [4.69, 9.17) is 0 Å². The van der Waals surface area contributed by atoms with Crippen LogP contribution in [0.25, 0.3) is 0 Å². The Balaban J connectivity index is 1.48. The SMILES string of the molecule is CC(=O)N1CCc2cc(C(=O)C(C)Sc3nnnn3C3CCCCC3)ccc21. The molecule has 1 aliphatic carbocycles. The highest BCUT2D eigenvalue weighted by molar-refractivity contribution is 8.00. The summed E-state index contributed by atoms with van der Waals surface area (Å²) in [5, 5.41) is 12.6. The average molecular weight is 400 g/mol. The summed E-state index contributed by atoms with van der Waals surface area (Å²) in [5.74, 6) is 0.101. The first kappa shape index (κ1) is 19.1. The van der Waals surface area contributed by atoms with E-state index < -0.39 is 0 Å². The number of carbonyl (C=O) groups excluding carboxylic acids is 2. The smallest absolute Gasteiger partial charge is 0.223 e. The molecular formula is C20H25N5O2S. The summed E-state index contributed by atoms with van der Waals surface area (Å²) in [6, 6.07) is 5.98. The molecule has 148 valence electrons. The second-order valence-electron chi connectivity index (χ2n) is 7.59. The lowest BCUT2D eigenvalue weighted by Gasteiger charge is -2.22. The molecule has 8 heteroatoms. The fourth-order valence-electron chi connectivity index (χ4n) is 4.15. The molecule has 1 aliphatic heterocycles. The molecule has 2 aromatic rings. The van der Waals surface area contributed by atoms with Gasteiger partial charge in [-0.05, 0) is 60.4 Å². The lowest BCUT2D eigenvalue weighted by molar-refractivity contribution is -0.116. The van der Waals surface area contributed by atoms with Crippen LogP contribution in [0.15, 0.2) is 23.4 Å². The highest BCUT2D eigenvalue weighted by Crippen LogP contribution is 2.33. The Hall–Kier alpha value is -2.22. The number of hydrogen-bond acceptors (Lipinski definition) is 6. The molecule has 0 bridgehead atoms. The van der Waals surface area contributed by atoms with Gasteiger partial charge in [-0.1, -0.05) is 31.0 Å². The number of Topliss-reactive ketones (excluding diaryl/α,β-unsaturated/α-hetero) is 1. The normalized spacial score (nSPS) is 18.1. The summed E-state index contributed by atoms with van der Waals surface area (Å²) in [4.78, 5) is 26.5. The summed E-state index contributed by atoms with van der Waals surface area (Å²) in [6.45, 7) is 4.16. The number of fused-ring (bicyclic) bond motifs is 1. The lowest BCUT2D eigenvalue weighted by atomic mass is 9.96. The van der Waals surface area contributed by atoms with Gasteiger partial charge in [-0.2, -0.15) is 0 Å². The van der Waals surface area contributed by atoms with E-state index >= 15 is 0 Å². The molecule has 1 atom stereocenters. The van der Waals surface area contributed by atoms with Crippen LogP contribution in [0, 0.1) is 0 Å². The van der Waals surface area contributed by atoms with E-state index in [1.165, 1.54) is 31.0 Å². The van der Waals surface area contributed by atoms with Crippen molar-refractivity contribution in [2.45, 2.75) is 68.8 Å². The largest absolute Gasteiger partial charge is 0.312 e. The number of ketones is 1. The van der Waals surface area contributed by atoms with Crippen molar-refractivity contribution in [3.05, 3.63) is 29.3 Å². The van der Waals surface area contributed by atoms with Gasteiger partial charge in [-0.3, -0.25) is 9.59 Å². The van der Waals surface area contributed by atoms with Gasteiger partial charge in [0.1, 0.15) is 0 Å². The number of thioether (sulfide) groups is 1. The third-order valence-corrected chi connectivity index (χ3v) is 6.72. The Morgan fingerprint density at radius 3 is 2.75 bits per heavy atom. The molecule has 1 saturated carbocycles. The van der Waals surface area contributed by atoms with Crippen LogP contribution in [-0.2, 0) is 11.2 Å². The molecule has 1 amide bonds. The predicted molar refractivity (Wildman–Crippen MR) is 108 cm³/mol. The number of nitrogens with zero attached hydrogens (tertiary/aromatic N) is 5. The summed E-state index contributed by atoms with van der Waals surface area (Å²) in [5.41, 5.74) is 2.66. The van der Waals surface area contributed by atoms with Crippen LogP contribution in [-0.4, -0.2) is 43.7 Å². The number of aromatic nitrogens is 4. The summed E-state index contributed by atoms with van der Waals surface area (Å²) in [7, 11) is 0. The van der Waals surface area contributed by atoms with E-state index in [1.807, 2.05) is 29.8 Å². The molecule has 28 heavy (non-hydrogen) atoms. The molecule has 0 N–H and O–H groups in total. The molecule has 1 aromatic heterocycles. The molecule has 4 rings (SSSR count). The van der Waals surface area contributed by atoms with Gasteiger partial charge < -0.3 is 4.90 Å². The quantitative estimate of drug-likeness (QED) is 0.566. The first-order valence-electron chi connectivity index (χ1n) is 9.94. The first-order valence-corrected chi connectivity index (χ1v) is 10.8. The zero-order chi connectivity index (χ0) is 19.7. The Labute approximate surface area is 168 Å². The van der Waals surface area contributed by atoms with Gasteiger partial charge in [-0.15, -0.1) is 5.10 Å². The molecule has 0 spiro atoms. The van der Waals surface area contributed by atoms with Crippen LogP contribution < -0.4 is 4.90 Å². The highest BCUT2D eigenvalue weighted by Gasteiger charge is 2.27. The molecule has 0 saturated heterocycles. The lowest BCUT2D eigenvalue weighted by Crippen LogP contribution is -2.25. The first-order chi connectivity index (χ1) is 13.5. The van der Waals surface area contributed by atoms with Gasteiger partial charge in [0, 0.05) is 24.7 Å². The van der Waals surface area contributed by atoms with Gasteiger partial charge in [0.05, 0.1) is 11.3 Å². The Morgan fingerprint density at radius 1 is 1.21 bits per heavy atom. The van der Waals surface area contributed by atoms with E-state index in [0.29, 0.717) is 18.2 Å². The number of carbonyl (C=O) groups is 2. The van der Waals surface area contributed by atoms with Crippen LogP contribution >= 0.6 is 11.8 Å². The molecule has 1 fully saturated rings. The van der Waals surface area contributed by atoms with Crippen LogP contribution in [0.2, 0.25) is 0 Å². The fourth-order valence-corrected chi connectivity index (χ4v) is 5.08. The minimum Gasteiger partial charge on any atom is -0.312 e. The summed E-state index contributed by atoms with van der Waals surface area (Å²) < 4.78 is 1.90. The molecule has 2 heterocycles. The maximum atomic E-state index is 13.0. The molecule has 1 unspecified atom stereocenters. The van der Waals surface area contributed by atoms with Crippen molar-refractivity contribution in [2.24, 2.45) is 0 Å². The van der Waals surface area contributed by atoms with E-state index in [0.717, 1.165) is 35.7 Å². The number of amides is 1. The third kappa shape index (κ3) is 3.70. The van der Waals surface area contributed by atoms with E-state index in [2.05, 4.69) is 15.5 Å². The monoisotopic (exact) mass is 399 g/mol. The maximum Gasteiger partial charge on any atom is 0.223 e. The zero-order valence-corrected chi connectivity index (χ0v) is 17.1. The van der Waals surface area contributed by atoms with Gasteiger partial charge in [0.2, 0.25) is 11.1 Å². The number of benzene rings is 1. The Kier molecular flexibility index (Phi) is 5.48. The summed E-state index contributed by atoms with van der Waals surface area (Å²) >= 11 is 1.42. The minimum atomic E-state index is -0.281. The van der Waals surface area contributed by atoms with Gasteiger partial charge in [0.15, 0.2) is 5.78 Å². The van der Waals surface area contributed by atoms with Crippen LogP contribution in [0.1, 0.15) is 67.9 Å². The van der Waals surface area contributed by atoms with Crippen LogP contribution in [0.5, 0.6) is 0 Å². The second kappa shape index (κ2) is 8.03. The molecule has 2 aliphatic rings. The Bertz CT molecular complexity index is 890. The van der Waals surface area contributed by atoms with Crippen molar-refractivity contribution in [1.29, 1.82) is 0 Å². The maximum absolute atomic E-state index is 13.0. The predicted octanol–water partition coefficient (Wildman–Crippen LogP) is 3.45. The topological polar surface area (TPSA) is 81.0 Å². The molecule has 0 radical (unpaired) electrons. The fraction of sp³-hybridized carbons (Fsp3) is 0.550. The second-order valence-corrected chi connectivity index (χ2v) is 8.89. The van der Waals surface area contributed by atoms with Crippen LogP contribution in [0.4, 0.5) is 5.69 Å². The van der Waals surface area contributed by atoms with Crippen molar-refractivity contribution in [3.63, 3.8) is 0 Å². The molecule has 1 aromatic carbocycles. The summed E-state index contributed by atoms with van der Waals surface area (Å²) in [6.07, 6.45) is 6.66. The van der Waals surface area contributed by atoms with E-state index in [9.17, 15) is 9.59 Å². The van der Waals surface area contributed by atoms with Crippen molar-refractivity contribution >= 4 is 29.1 Å². The average Bonchev–Trinajstić information content (AvgIpc) is 3.34. The zero-order valence-electron chi connectivity index (χ0n) is 16.3. The molecule has 7 nitrogen and oxygen atoms in total. The van der Waals surface area contributed by atoms with Crippen molar-refractivity contribution < 1.29 is 9.59 Å². The number of tetrazole rings is 1. The van der Waals surface area contributed by atoms with E-state index in [-0.39, 0.29) is 16.9 Å². The number of rotatable bonds is 5.